The maximum Gasteiger partial charge on any atom is 0.0672 e. The minimum atomic E-state index is 0.914. The summed E-state index contributed by atoms with van der Waals surface area (Å²) in [4.78, 5) is 0. The largest absolute Gasteiger partial charge is 0.313 e. The van der Waals surface area contributed by atoms with E-state index in [4.69, 9.17) is 0 Å². The van der Waals surface area contributed by atoms with Gasteiger partial charge < -0.3 is 5.32 Å². The van der Waals surface area contributed by atoms with Crippen LogP contribution in [0.25, 0.3) is 11.1 Å². The molecule has 0 aliphatic rings. The molecule has 1 N–H and O–H groups in total. The lowest BCUT2D eigenvalue weighted by atomic mass is 9.98. The normalized spacial score (nSPS) is 11.0. The molecule has 108 valence electrons. The average molecular weight is 271 g/mol. The summed E-state index contributed by atoms with van der Waals surface area (Å²) in [5.74, 6) is 0. The van der Waals surface area contributed by atoms with Crippen LogP contribution in [0.4, 0.5) is 0 Å². The van der Waals surface area contributed by atoms with E-state index in [2.05, 4.69) is 62.5 Å². The van der Waals surface area contributed by atoms with Crippen LogP contribution in [0.3, 0.4) is 0 Å². The highest BCUT2D eigenvalue weighted by atomic mass is 15.3. The Labute approximate surface area is 122 Å². The number of nitrogens with zero attached hydrogens (tertiary/aromatic N) is 2. The first-order chi connectivity index (χ1) is 9.65. The number of aryl methyl sites for hydroxylation is 3. The minimum Gasteiger partial charge on any atom is -0.313 e. The Morgan fingerprint density at radius 3 is 2.60 bits per heavy atom. The van der Waals surface area contributed by atoms with Crippen molar-refractivity contribution in [3.63, 3.8) is 0 Å². The van der Waals surface area contributed by atoms with Crippen LogP contribution in [0.2, 0.25) is 0 Å². The third-order valence-electron chi connectivity index (χ3n) is 3.62. The molecule has 0 saturated heterocycles. The van der Waals surface area contributed by atoms with Gasteiger partial charge in [0.2, 0.25) is 0 Å². The van der Waals surface area contributed by atoms with Crippen molar-refractivity contribution in [3.05, 3.63) is 41.2 Å². The maximum absolute atomic E-state index is 4.55. The molecule has 0 radical (unpaired) electrons. The van der Waals surface area contributed by atoms with Crippen LogP contribution in [0.1, 0.15) is 37.1 Å². The minimum absolute atomic E-state index is 0.914. The fourth-order valence-corrected chi connectivity index (χ4v) is 2.42. The third kappa shape index (κ3) is 3.28. The van der Waals surface area contributed by atoms with Gasteiger partial charge in [-0.15, -0.1) is 0 Å². The van der Waals surface area contributed by atoms with Crippen molar-refractivity contribution in [1.29, 1.82) is 0 Å². The van der Waals surface area contributed by atoms with E-state index < -0.39 is 0 Å². The lowest BCUT2D eigenvalue weighted by molar-refractivity contribution is 0.653. The van der Waals surface area contributed by atoms with E-state index in [0.29, 0.717) is 0 Å². The van der Waals surface area contributed by atoms with Gasteiger partial charge in [-0.2, -0.15) is 5.10 Å². The predicted molar refractivity (Wildman–Crippen MR) is 84.8 cm³/mol. The quantitative estimate of drug-likeness (QED) is 0.812. The summed E-state index contributed by atoms with van der Waals surface area (Å²) in [6.45, 7) is 11.5. The number of benzene rings is 1. The Bertz CT molecular complexity index is 570. The summed E-state index contributed by atoms with van der Waals surface area (Å²) in [5.41, 5.74) is 6.30. The van der Waals surface area contributed by atoms with E-state index >= 15 is 0 Å². The Kier molecular flexibility index (Phi) is 4.96. The molecule has 3 heteroatoms. The van der Waals surface area contributed by atoms with Crippen LogP contribution >= 0.6 is 0 Å². The summed E-state index contributed by atoms with van der Waals surface area (Å²) >= 11 is 0. The third-order valence-corrected chi connectivity index (χ3v) is 3.62. The van der Waals surface area contributed by atoms with Crippen molar-refractivity contribution in [2.24, 2.45) is 0 Å². The molecule has 0 spiro atoms. The van der Waals surface area contributed by atoms with Crippen LogP contribution in [0.15, 0.2) is 24.4 Å². The van der Waals surface area contributed by atoms with Crippen LogP contribution in [-0.4, -0.2) is 16.3 Å². The van der Waals surface area contributed by atoms with Crippen molar-refractivity contribution in [3.8, 4) is 11.1 Å². The first-order valence-corrected chi connectivity index (χ1v) is 7.50. The lowest BCUT2D eigenvalue weighted by Gasteiger charge is -2.09. The van der Waals surface area contributed by atoms with Gasteiger partial charge in [0, 0.05) is 24.8 Å². The van der Waals surface area contributed by atoms with Crippen molar-refractivity contribution in [2.75, 3.05) is 6.54 Å². The second-order valence-electron chi connectivity index (χ2n) is 5.31. The van der Waals surface area contributed by atoms with Crippen molar-refractivity contribution in [1.82, 2.24) is 15.1 Å². The molecule has 0 fully saturated rings. The SMILES string of the molecule is CCCNCc1ccc(C)c(-c2cn(CC)nc2C)c1. The number of hydrogen-bond acceptors (Lipinski definition) is 2. The van der Waals surface area contributed by atoms with Crippen LogP contribution in [0.5, 0.6) is 0 Å². The Hall–Kier alpha value is -1.61. The Balaban J connectivity index is 2.29. The maximum atomic E-state index is 4.55. The average Bonchev–Trinajstić information content (AvgIpc) is 2.82. The van der Waals surface area contributed by atoms with Crippen LogP contribution in [-0.2, 0) is 13.1 Å². The molecule has 0 aliphatic heterocycles. The zero-order valence-electron chi connectivity index (χ0n) is 13.0. The van der Waals surface area contributed by atoms with Gasteiger partial charge in [-0.05, 0) is 56.5 Å². The van der Waals surface area contributed by atoms with Crippen LogP contribution < -0.4 is 5.32 Å². The van der Waals surface area contributed by atoms with Gasteiger partial charge in [-0.1, -0.05) is 19.1 Å². The first-order valence-electron chi connectivity index (χ1n) is 7.50. The van der Waals surface area contributed by atoms with Gasteiger partial charge in [0.15, 0.2) is 0 Å². The fraction of sp³-hybridized carbons (Fsp3) is 0.471. The second-order valence-corrected chi connectivity index (χ2v) is 5.31. The van der Waals surface area contributed by atoms with Crippen molar-refractivity contribution in [2.45, 2.75) is 47.2 Å². The second kappa shape index (κ2) is 6.71. The number of hydrogen-bond donors (Lipinski definition) is 1. The van der Waals surface area contributed by atoms with Crippen molar-refractivity contribution >= 4 is 0 Å². The summed E-state index contributed by atoms with van der Waals surface area (Å²) in [5, 5.41) is 8.01. The Morgan fingerprint density at radius 1 is 1.15 bits per heavy atom. The molecule has 1 aromatic heterocycles. The molecule has 0 bridgehead atoms. The molecule has 20 heavy (non-hydrogen) atoms. The molecule has 0 saturated carbocycles. The highest BCUT2D eigenvalue weighted by Gasteiger charge is 2.10. The smallest absolute Gasteiger partial charge is 0.0672 e. The van der Waals surface area contributed by atoms with Gasteiger partial charge in [0.25, 0.3) is 0 Å². The highest BCUT2D eigenvalue weighted by molar-refractivity contribution is 5.69. The van der Waals surface area contributed by atoms with Gasteiger partial charge >= 0.3 is 0 Å². The lowest BCUT2D eigenvalue weighted by Crippen LogP contribution is -2.13. The topological polar surface area (TPSA) is 29.9 Å². The van der Waals surface area contributed by atoms with E-state index in [1.165, 1.54) is 28.7 Å². The molecule has 1 heterocycles. The number of nitrogens with one attached hydrogen (secondary N) is 1. The molecule has 2 aromatic rings. The number of aromatic nitrogens is 2. The molecule has 0 atom stereocenters. The van der Waals surface area contributed by atoms with Gasteiger partial charge in [0.05, 0.1) is 5.69 Å². The molecular weight excluding hydrogens is 246 g/mol. The predicted octanol–water partition coefficient (Wildman–Crippen LogP) is 3.69. The van der Waals surface area contributed by atoms with E-state index in [1.807, 2.05) is 4.68 Å². The zero-order chi connectivity index (χ0) is 14.5. The molecule has 0 aliphatic carbocycles. The van der Waals surface area contributed by atoms with Gasteiger partial charge in [-0.3, -0.25) is 4.68 Å². The van der Waals surface area contributed by atoms with E-state index in [9.17, 15) is 0 Å². The number of rotatable bonds is 6. The van der Waals surface area contributed by atoms with Gasteiger partial charge in [0.1, 0.15) is 0 Å². The summed E-state index contributed by atoms with van der Waals surface area (Å²) < 4.78 is 2.01. The molecule has 2 rings (SSSR count). The van der Waals surface area contributed by atoms with Crippen molar-refractivity contribution < 1.29 is 0 Å². The van der Waals surface area contributed by atoms with Gasteiger partial charge in [-0.25, -0.2) is 0 Å². The Morgan fingerprint density at radius 2 is 1.95 bits per heavy atom. The molecule has 0 amide bonds. The van der Waals surface area contributed by atoms with Crippen LogP contribution in [0, 0.1) is 13.8 Å². The molecule has 1 aromatic carbocycles. The highest BCUT2D eigenvalue weighted by Crippen LogP contribution is 2.27. The summed E-state index contributed by atoms with van der Waals surface area (Å²) in [6.07, 6.45) is 3.32. The fourth-order valence-electron chi connectivity index (χ4n) is 2.42. The molecule has 3 nitrogen and oxygen atoms in total. The summed E-state index contributed by atoms with van der Waals surface area (Å²) in [6, 6.07) is 6.71. The summed E-state index contributed by atoms with van der Waals surface area (Å²) in [7, 11) is 0. The zero-order valence-corrected chi connectivity index (χ0v) is 13.0. The van der Waals surface area contributed by atoms with E-state index in [-0.39, 0.29) is 0 Å². The first kappa shape index (κ1) is 14.8. The van der Waals surface area contributed by atoms with E-state index in [0.717, 1.165) is 25.3 Å². The van der Waals surface area contributed by atoms with E-state index in [1.54, 1.807) is 0 Å². The molecular formula is C17H25N3. The molecule has 0 unspecified atom stereocenters. The monoisotopic (exact) mass is 271 g/mol. The standard InChI is InChI=1S/C17H25N3/c1-5-9-18-11-15-8-7-13(3)16(10-15)17-12-20(6-2)19-14(17)4/h7-8,10,12,18H,5-6,9,11H2,1-4H3.